The van der Waals surface area contributed by atoms with Crippen LogP contribution in [0.25, 0.3) is 0 Å². The summed E-state index contributed by atoms with van der Waals surface area (Å²) in [5.41, 5.74) is 7.73. The second-order valence-electron chi connectivity index (χ2n) is 4.23. The van der Waals surface area contributed by atoms with Crippen LogP contribution in [0.15, 0.2) is 12.1 Å². The largest absolute Gasteiger partial charge is 0.397 e. The highest BCUT2D eigenvalue weighted by Gasteiger charge is 2.14. The number of hydrogen-bond donors (Lipinski definition) is 1. The summed E-state index contributed by atoms with van der Waals surface area (Å²) in [6.07, 6.45) is 5.05. The van der Waals surface area contributed by atoms with Gasteiger partial charge in [0.2, 0.25) is 0 Å². The van der Waals surface area contributed by atoms with Gasteiger partial charge in [0, 0.05) is 13.1 Å². The van der Waals surface area contributed by atoms with Gasteiger partial charge in [-0.05, 0) is 25.0 Å². The molecule has 1 saturated heterocycles. The van der Waals surface area contributed by atoms with Gasteiger partial charge in [-0.3, -0.25) is 0 Å². The fourth-order valence-corrected chi connectivity index (χ4v) is 2.47. The van der Waals surface area contributed by atoms with Gasteiger partial charge in [-0.2, -0.15) is 0 Å². The molecule has 0 unspecified atom stereocenters. The number of hydrogen-bond acceptors (Lipinski definition) is 2. The lowest BCUT2D eigenvalue weighted by atomic mass is 10.2. The Hall–Kier alpha value is -0.600. The molecule has 1 aliphatic rings. The summed E-state index contributed by atoms with van der Waals surface area (Å²) in [4.78, 5) is 2.31. The van der Waals surface area contributed by atoms with Crippen LogP contribution in [0.1, 0.15) is 25.7 Å². The lowest BCUT2D eigenvalue weighted by Crippen LogP contribution is -2.24. The van der Waals surface area contributed by atoms with E-state index in [-0.39, 0.29) is 0 Å². The molecular weight excluding hydrogens is 243 g/mol. The third-order valence-corrected chi connectivity index (χ3v) is 3.74. The quantitative estimate of drug-likeness (QED) is 0.773. The molecule has 0 radical (unpaired) electrons. The van der Waals surface area contributed by atoms with E-state index in [1.165, 1.54) is 25.7 Å². The maximum Gasteiger partial charge on any atom is 0.0615 e. The third kappa shape index (κ3) is 2.55. The second kappa shape index (κ2) is 5.15. The van der Waals surface area contributed by atoms with E-state index in [0.29, 0.717) is 10.0 Å². The number of halogens is 2. The number of rotatable bonds is 1. The van der Waals surface area contributed by atoms with E-state index < -0.39 is 0 Å². The van der Waals surface area contributed by atoms with Crippen LogP contribution in [0.4, 0.5) is 11.4 Å². The van der Waals surface area contributed by atoms with Crippen molar-refractivity contribution in [1.82, 2.24) is 0 Å². The van der Waals surface area contributed by atoms with Crippen molar-refractivity contribution in [3.8, 4) is 0 Å². The minimum absolute atomic E-state index is 0.526. The zero-order chi connectivity index (χ0) is 11.5. The molecule has 0 bridgehead atoms. The molecule has 1 aromatic rings. The van der Waals surface area contributed by atoms with Crippen molar-refractivity contribution in [3.05, 3.63) is 22.2 Å². The highest BCUT2D eigenvalue weighted by Crippen LogP contribution is 2.34. The van der Waals surface area contributed by atoms with Crippen LogP contribution in [-0.4, -0.2) is 13.1 Å². The van der Waals surface area contributed by atoms with Crippen molar-refractivity contribution in [2.45, 2.75) is 25.7 Å². The molecule has 88 valence electrons. The first-order valence-electron chi connectivity index (χ1n) is 5.68. The van der Waals surface area contributed by atoms with E-state index in [4.69, 9.17) is 28.9 Å². The van der Waals surface area contributed by atoms with Gasteiger partial charge in [0.1, 0.15) is 0 Å². The zero-order valence-corrected chi connectivity index (χ0v) is 10.7. The van der Waals surface area contributed by atoms with Gasteiger partial charge in [-0.1, -0.05) is 36.0 Å². The van der Waals surface area contributed by atoms with Crippen LogP contribution >= 0.6 is 23.2 Å². The van der Waals surface area contributed by atoms with E-state index in [2.05, 4.69) is 4.90 Å². The van der Waals surface area contributed by atoms with Gasteiger partial charge in [0.25, 0.3) is 0 Å². The molecule has 4 heteroatoms. The van der Waals surface area contributed by atoms with Crippen LogP contribution in [0.5, 0.6) is 0 Å². The summed E-state index contributed by atoms with van der Waals surface area (Å²) in [6.45, 7) is 2.12. The molecule has 16 heavy (non-hydrogen) atoms. The highest BCUT2D eigenvalue weighted by molar-refractivity contribution is 6.42. The van der Waals surface area contributed by atoms with Crippen molar-refractivity contribution in [1.29, 1.82) is 0 Å². The van der Waals surface area contributed by atoms with Crippen molar-refractivity contribution in [3.63, 3.8) is 0 Å². The molecule has 2 N–H and O–H groups in total. The molecule has 0 aromatic heterocycles. The fraction of sp³-hybridized carbons (Fsp3) is 0.500. The summed E-state index contributed by atoms with van der Waals surface area (Å²) >= 11 is 12.0. The fourth-order valence-electron chi connectivity index (χ4n) is 2.14. The van der Waals surface area contributed by atoms with E-state index in [9.17, 15) is 0 Å². The molecule has 1 aromatic carbocycles. The Bertz CT molecular complexity index is 372. The maximum absolute atomic E-state index is 6.03. The molecule has 1 heterocycles. The summed E-state index contributed by atoms with van der Waals surface area (Å²) in [5, 5.41) is 1.10. The predicted molar refractivity (Wildman–Crippen MR) is 71.6 cm³/mol. The number of benzene rings is 1. The van der Waals surface area contributed by atoms with Gasteiger partial charge in [-0.15, -0.1) is 0 Å². The Labute approximate surface area is 106 Å². The van der Waals surface area contributed by atoms with Crippen LogP contribution in [-0.2, 0) is 0 Å². The summed E-state index contributed by atoms with van der Waals surface area (Å²) < 4.78 is 0. The average Bonchev–Trinajstić information content (AvgIpc) is 2.52. The van der Waals surface area contributed by atoms with Gasteiger partial charge < -0.3 is 10.6 Å². The first-order chi connectivity index (χ1) is 7.68. The summed E-state index contributed by atoms with van der Waals surface area (Å²) in [6, 6.07) is 3.62. The number of anilines is 2. The average molecular weight is 259 g/mol. The predicted octanol–water partition coefficient (Wildman–Crippen LogP) is 3.96. The minimum Gasteiger partial charge on any atom is -0.397 e. The SMILES string of the molecule is Nc1cc(Cl)c(Cl)cc1N1CCCCCC1. The first-order valence-corrected chi connectivity index (χ1v) is 6.43. The van der Waals surface area contributed by atoms with Crippen molar-refractivity contribution in [2.24, 2.45) is 0 Å². The van der Waals surface area contributed by atoms with Crippen LogP contribution in [0.3, 0.4) is 0 Å². The first kappa shape index (κ1) is 11.9. The third-order valence-electron chi connectivity index (χ3n) is 3.02. The molecule has 1 aliphatic heterocycles. The summed E-state index contributed by atoms with van der Waals surface area (Å²) in [7, 11) is 0. The van der Waals surface area contributed by atoms with Gasteiger partial charge in [0.15, 0.2) is 0 Å². The number of nitrogens with two attached hydrogens (primary N) is 1. The molecule has 2 nitrogen and oxygen atoms in total. The van der Waals surface area contributed by atoms with Crippen LogP contribution in [0.2, 0.25) is 10.0 Å². The molecule has 1 fully saturated rings. The molecule has 0 aliphatic carbocycles. The lowest BCUT2D eigenvalue weighted by Gasteiger charge is -2.24. The second-order valence-corrected chi connectivity index (χ2v) is 5.04. The van der Waals surface area contributed by atoms with Gasteiger partial charge >= 0.3 is 0 Å². The van der Waals surface area contributed by atoms with Crippen molar-refractivity contribution in [2.75, 3.05) is 23.7 Å². The Morgan fingerprint density at radius 2 is 1.50 bits per heavy atom. The van der Waals surface area contributed by atoms with Crippen LogP contribution in [0, 0.1) is 0 Å². The standard InChI is InChI=1S/C12H16Cl2N2/c13-9-7-11(15)12(8-10(9)14)16-5-3-1-2-4-6-16/h7-8H,1-6,15H2. The zero-order valence-electron chi connectivity index (χ0n) is 9.18. The topological polar surface area (TPSA) is 29.3 Å². The van der Waals surface area contributed by atoms with Gasteiger partial charge in [0.05, 0.1) is 21.4 Å². The molecule has 0 saturated carbocycles. The minimum atomic E-state index is 0.526. The van der Waals surface area contributed by atoms with Crippen LogP contribution < -0.4 is 10.6 Å². The Kier molecular flexibility index (Phi) is 3.82. The van der Waals surface area contributed by atoms with E-state index in [0.717, 1.165) is 24.5 Å². The molecule has 0 atom stereocenters. The van der Waals surface area contributed by atoms with Gasteiger partial charge in [-0.25, -0.2) is 0 Å². The maximum atomic E-state index is 6.03. The smallest absolute Gasteiger partial charge is 0.0615 e. The summed E-state index contributed by atoms with van der Waals surface area (Å²) in [5.74, 6) is 0. The van der Waals surface area contributed by atoms with E-state index in [1.807, 2.05) is 6.07 Å². The van der Waals surface area contributed by atoms with Crippen molar-refractivity contribution >= 4 is 34.6 Å². The molecule has 0 spiro atoms. The molecule has 2 rings (SSSR count). The lowest BCUT2D eigenvalue weighted by molar-refractivity contribution is 0.726. The monoisotopic (exact) mass is 258 g/mol. The molecular formula is C12H16Cl2N2. The Balaban J connectivity index is 2.27. The van der Waals surface area contributed by atoms with Crippen molar-refractivity contribution < 1.29 is 0 Å². The molecule has 0 amide bonds. The normalized spacial score (nSPS) is 17.2. The highest BCUT2D eigenvalue weighted by atomic mass is 35.5. The number of nitrogens with zero attached hydrogens (tertiary/aromatic N) is 1. The Morgan fingerprint density at radius 1 is 0.938 bits per heavy atom. The van der Waals surface area contributed by atoms with E-state index >= 15 is 0 Å². The van der Waals surface area contributed by atoms with E-state index in [1.54, 1.807) is 6.07 Å². The Morgan fingerprint density at radius 3 is 2.12 bits per heavy atom. The number of nitrogen functional groups attached to an aromatic ring is 1.